The highest BCUT2D eigenvalue weighted by Gasteiger charge is 2.44. The zero-order valence-corrected chi connectivity index (χ0v) is 9.98. The topological polar surface area (TPSA) is 78.4 Å². The smallest absolute Gasteiger partial charge is 0.323 e. The molecule has 0 unspecified atom stereocenters. The van der Waals surface area contributed by atoms with Gasteiger partial charge in [-0.15, -0.1) is 0 Å². The number of benzene rings is 1. The van der Waals surface area contributed by atoms with E-state index in [1.54, 1.807) is 12.1 Å². The number of carbonyl (C=O) groups excluding carboxylic acids is 1. The Hall–Kier alpha value is -1.88. The van der Waals surface area contributed by atoms with Crippen molar-refractivity contribution in [3.8, 4) is 0 Å². The number of hydrogen-bond acceptors (Lipinski definition) is 3. The van der Waals surface area contributed by atoms with E-state index in [-0.39, 0.29) is 12.5 Å². The highest BCUT2D eigenvalue weighted by Crippen LogP contribution is 2.31. The third kappa shape index (κ3) is 2.68. The molecule has 96 valence electrons. The molecule has 1 aliphatic carbocycles. The third-order valence-electron chi connectivity index (χ3n) is 3.26. The van der Waals surface area contributed by atoms with E-state index in [0.717, 1.165) is 6.42 Å². The van der Waals surface area contributed by atoms with Crippen LogP contribution in [0.1, 0.15) is 19.3 Å². The first-order chi connectivity index (χ1) is 8.62. The molecule has 1 fully saturated rings. The fraction of sp³-hybridized carbons (Fsp3) is 0.385. The first-order valence-electron chi connectivity index (χ1n) is 5.96. The van der Waals surface area contributed by atoms with Crippen LogP contribution in [0, 0.1) is 0 Å². The highest BCUT2D eigenvalue weighted by molar-refractivity contribution is 5.93. The van der Waals surface area contributed by atoms with Crippen LogP contribution in [0.2, 0.25) is 0 Å². The van der Waals surface area contributed by atoms with Crippen LogP contribution in [-0.4, -0.2) is 29.1 Å². The molecule has 0 heterocycles. The molecule has 0 bridgehead atoms. The molecule has 0 radical (unpaired) electrons. The van der Waals surface area contributed by atoms with Gasteiger partial charge in [0.05, 0.1) is 6.54 Å². The summed E-state index contributed by atoms with van der Waals surface area (Å²) in [6, 6.07) is 9.09. The Labute approximate surface area is 105 Å². The maximum absolute atomic E-state index is 11.7. The Kier molecular flexibility index (Phi) is 3.62. The fourth-order valence-electron chi connectivity index (χ4n) is 1.97. The minimum absolute atomic E-state index is 0.0151. The molecule has 18 heavy (non-hydrogen) atoms. The van der Waals surface area contributed by atoms with Crippen LogP contribution in [0.4, 0.5) is 5.69 Å². The van der Waals surface area contributed by atoms with E-state index in [1.165, 1.54) is 0 Å². The summed E-state index contributed by atoms with van der Waals surface area (Å²) in [5.74, 6) is -1.10. The summed E-state index contributed by atoms with van der Waals surface area (Å²) < 4.78 is 0. The van der Waals surface area contributed by atoms with Crippen molar-refractivity contribution in [3.05, 3.63) is 30.3 Å². The minimum Gasteiger partial charge on any atom is -0.480 e. The van der Waals surface area contributed by atoms with Gasteiger partial charge in [-0.1, -0.05) is 18.2 Å². The number of anilines is 1. The van der Waals surface area contributed by atoms with Crippen molar-refractivity contribution in [2.45, 2.75) is 24.8 Å². The molecule has 1 amide bonds. The van der Waals surface area contributed by atoms with Crippen molar-refractivity contribution in [2.24, 2.45) is 0 Å². The maximum Gasteiger partial charge on any atom is 0.323 e. The van der Waals surface area contributed by atoms with Crippen LogP contribution in [0.5, 0.6) is 0 Å². The van der Waals surface area contributed by atoms with Crippen LogP contribution in [0.15, 0.2) is 30.3 Å². The number of nitrogens with one attached hydrogen (secondary N) is 2. The number of carboxylic acid groups (broad SMARTS) is 1. The molecule has 5 heteroatoms. The van der Waals surface area contributed by atoms with Gasteiger partial charge in [0.2, 0.25) is 5.91 Å². The molecule has 1 saturated carbocycles. The number of rotatable bonds is 5. The standard InChI is InChI=1S/C13H16N2O3/c16-11(15-10-5-2-1-3-6-10)9-14-13(12(17)18)7-4-8-13/h1-3,5-6,14H,4,7-9H2,(H,15,16)(H,17,18). The summed E-state index contributed by atoms with van der Waals surface area (Å²) in [7, 11) is 0. The minimum atomic E-state index is -0.895. The quantitative estimate of drug-likeness (QED) is 0.732. The summed E-state index contributed by atoms with van der Waals surface area (Å²) in [6.45, 7) is 0.0151. The van der Waals surface area contributed by atoms with Crippen molar-refractivity contribution < 1.29 is 14.7 Å². The normalized spacial score (nSPS) is 16.7. The predicted molar refractivity (Wildman–Crippen MR) is 67.3 cm³/mol. The van der Waals surface area contributed by atoms with E-state index in [1.807, 2.05) is 18.2 Å². The van der Waals surface area contributed by atoms with Crippen LogP contribution >= 0.6 is 0 Å². The van der Waals surface area contributed by atoms with Crippen molar-refractivity contribution in [3.63, 3.8) is 0 Å². The van der Waals surface area contributed by atoms with Crippen LogP contribution in [0.25, 0.3) is 0 Å². The van der Waals surface area contributed by atoms with Crippen LogP contribution < -0.4 is 10.6 Å². The number of carboxylic acids is 1. The Morgan fingerprint density at radius 1 is 1.22 bits per heavy atom. The number of aliphatic carboxylic acids is 1. The van der Waals surface area contributed by atoms with E-state index >= 15 is 0 Å². The second-order valence-electron chi connectivity index (χ2n) is 4.51. The molecule has 2 rings (SSSR count). The summed E-state index contributed by atoms with van der Waals surface area (Å²) in [5.41, 5.74) is -0.184. The molecule has 0 aromatic heterocycles. The van der Waals surface area contributed by atoms with E-state index in [4.69, 9.17) is 5.11 Å². The first-order valence-corrected chi connectivity index (χ1v) is 5.96. The lowest BCUT2D eigenvalue weighted by atomic mass is 9.77. The lowest BCUT2D eigenvalue weighted by molar-refractivity contribution is -0.148. The molecule has 1 aromatic rings. The summed E-state index contributed by atoms with van der Waals surface area (Å²) in [5, 5.41) is 14.6. The average Bonchev–Trinajstić information content (AvgIpc) is 2.28. The first kappa shape index (κ1) is 12.6. The molecule has 0 aliphatic heterocycles. The van der Waals surface area contributed by atoms with E-state index in [0.29, 0.717) is 18.5 Å². The zero-order chi connectivity index (χ0) is 13.0. The Balaban J connectivity index is 1.83. The molecule has 1 aromatic carbocycles. The lowest BCUT2D eigenvalue weighted by Gasteiger charge is -2.38. The van der Waals surface area contributed by atoms with Gasteiger partial charge in [0.25, 0.3) is 0 Å². The molecule has 5 nitrogen and oxygen atoms in total. The molecular formula is C13H16N2O3. The van der Waals surface area contributed by atoms with Crippen LogP contribution in [-0.2, 0) is 9.59 Å². The van der Waals surface area contributed by atoms with E-state index < -0.39 is 11.5 Å². The molecule has 0 saturated heterocycles. The largest absolute Gasteiger partial charge is 0.480 e. The van der Waals surface area contributed by atoms with Gasteiger partial charge in [-0.2, -0.15) is 0 Å². The van der Waals surface area contributed by atoms with E-state index in [9.17, 15) is 9.59 Å². The lowest BCUT2D eigenvalue weighted by Crippen LogP contribution is -2.58. The average molecular weight is 248 g/mol. The van der Waals surface area contributed by atoms with Gasteiger partial charge >= 0.3 is 5.97 Å². The van der Waals surface area contributed by atoms with Crippen molar-refractivity contribution in [2.75, 3.05) is 11.9 Å². The fourth-order valence-corrected chi connectivity index (χ4v) is 1.97. The molecular weight excluding hydrogens is 232 g/mol. The Bertz CT molecular complexity index is 441. The van der Waals surface area contributed by atoms with Gasteiger partial charge < -0.3 is 10.4 Å². The van der Waals surface area contributed by atoms with Crippen molar-refractivity contribution in [1.29, 1.82) is 0 Å². The number of carbonyl (C=O) groups is 2. The second kappa shape index (κ2) is 5.18. The molecule has 1 aliphatic rings. The zero-order valence-electron chi connectivity index (χ0n) is 9.98. The highest BCUT2D eigenvalue weighted by atomic mass is 16.4. The predicted octanol–water partition coefficient (Wildman–Crippen LogP) is 1.22. The number of amides is 1. The van der Waals surface area contributed by atoms with Crippen molar-refractivity contribution in [1.82, 2.24) is 5.32 Å². The Morgan fingerprint density at radius 2 is 1.89 bits per heavy atom. The molecule has 0 spiro atoms. The second-order valence-corrected chi connectivity index (χ2v) is 4.51. The van der Waals surface area contributed by atoms with Gasteiger partial charge in [-0.05, 0) is 31.4 Å². The van der Waals surface area contributed by atoms with Crippen molar-refractivity contribution >= 4 is 17.6 Å². The summed E-state index contributed by atoms with van der Waals surface area (Å²) >= 11 is 0. The van der Waals surface area contributed by atoms with Gasteiger partial charge in [0.15, 0.2) is 0 Å². The SMILES string of the molecule is O=C(CNC1(C(=O)O)CCC1)Nc1ccccc1. The summed E-state index contributed by atoms with van der Waals surface area (Å²) in [6.07, 6.45) is 2.06. The van der Waals surface area contributed by atoms with Gasteiger partial charge in [0, 0.05) is 5.69 Å². The van der Waals surface area contributed by atoms with E-state index in [2.05, 4.69) is 10.6 Å². The molecule has 0 atom stereocenters. The third-order valence-corrected chi connectivity index (χ3v) is 3.26. The Morgan fingerprint density at radius 3 is 2.39 bits per heavy atom. The maximum atomic E-state index is 11.7. The van der Waals surface area contributed by atoms with Gasteiger partial charge in [0.1, 0.15) is 5.54 Å². The van der Waals surface area contributed by atoms with Crippen LogP contribution in [0.3, 0.4) is 0 Å². The van der Waals surface area contributed by atoms with Gasteiger partial charge in [-0.25, -0.2) is 0 Å². The number of para-hydroxylation sites is 1. The van der Waals surface area contributed by atoms with Gasteiger partial charge in [-0.3, -0.25) is 14.9 Å². The molecule has 3 N–H and O–H groups in total. The monoisotopic (exact) mass is 248 g/mol. The number of hydrogen-bond donors (Lipinski definition) is 3. The summed E-state index contributed by atoms with van der Waals surface area (Å²) in [4.78, 5) is 22.7.